The summed E-state index contributed by atoms with van der Waals surface area (Å²) in [4.78, 5) is 19.4. The molecule has 1 saturated heterocycles. The van der Waals surface area contributed by atoms with Gasteiger partial charge in [-0.05, 0) is 25.7 Å². The molecule has 0 bridgehead atoms. The molecule has 2 aliphatic rings. The zero-order chi connectivity index (χ0) is 13.2. The predicted molar refractivity (Wildman–Crippen MR) is 82.9 cm³/mol. The lowest BCUT2D eigenvalue weighted by Crippen LogP contribution is -2.44. The van der Waals surface area contributed by atoms with Gasteiger partial charge >= 0.3 is 0 Å². The second-order valence-corrected chi connectivity index (χ2v) is 6.64. The lowest BCUT2D eigenvalue weighted by molar-refractivity contribution is -0.123. The van der Waals surface area contributed by atoms with E-state index in [2.05, 4.69) is 15.2 Å². The average molecular weight is 317 g/mol. The van der Waals surface area contributed by atoms with Gasteiger partial charge in [0.15, 0.2) is 5.13 Å². The standard InChI is InChI=1S/C13H20N4OS.ClH/c14-13-15-7-11(19-13)8-17-5-3-10(4-6-17)16-12(18)9-1-2-9;/h7,9-10H,1-6,8H2,(H2,14,15)(H,16,18);1H. The molecule has 0 atom stereocenters. The second-order valence-electron chi connectivity index (χ2n) is 5.50. The number of halogens is 1. The Morgan fingerprint density at radius 2 is 2.10 bits per heavy atom. The first-order valence-electron chi connectivity index (χ1n) is 6.93. The third-order valence-corrected chi connectivity index (χ3v) is 4.64. The number of piperidine rings is 1. The minimum atomic E-state index is 0. The molecule has 7 heteroatoms. The largest absolute Gasteiger partial charge is 0.375 e. The van der Waals surface area contributed by atoms with E-state index in [1.54, 1.807) is 11.3 Å². The van der Waals surface area contributed by atoms with Crippen LogP contribution in [0.2, 0.25) is 0 Å². The zero-order valence-electron chi connectivity index (χ0n) is 11.4. The van der Waals surface area contributed by atoms with Crippen molar-refractivity contribution in [1.82, 2.24) is 15.2 Å². The molecule has 0 spiro atoms. The molecule has 112 valence electrons. The predicted octanol–water partition coefficient (Wildman–Crippen LogP) is 1.64. The maximum absolute atomic E-state index is 11.7. The van der Waals surface area contributed by atoms with Crippen molar-refractivity contribution >= 4 is 34.8 Å². The van der Waals surface area contributed by atoms with Crippen molar-refractivity contribution in [1.29, 1.82) is 0 Å². The highest BCUT2D eigenvalue weighted by atomic mass is 35.5. The monoisotopic (exact) mass is 316 g/mol. The van der Waals surface area contributed by atoms with Crippen LogP contribution in [0.5, 0.6) is 0 Å². The summed E-state index contributed by atoms with van der Waals surface area (Å²) in [6.07, 6.45) is 6.12. The summed E-state index contributed by atoms with van der Waals surface area (Å²) in [5, 5.41) is 3.81. The van der Waals surface area contributed by atoms with E-state index in [1.165, 1.54) is 4.88 Å². The molecule has 5 nitrogen and oxygen atoms in total. The smallest absolute Gasteiger partial charge is 0.223 e. The normalized spacial score (nSPS) is 20.4. The fourth-order valence-electron chi connectivity index (χ4n) is 2.52. The number of hydrogen-bond acceptors (Lipinski definition) is 5. The van der Waals surface area contributed by atoms with Gasteiger partial charge in [-0.1, -0.05) is 0 Å². The van der Waals surface area contributed by atoms with Crippen LogP contribution in [0.15, 0.2) is 6.20 Å². The van der Waals surface area contributed by atoms with Gasteiger partial charge in [0.25, 0.3) is 0 Å². The Bertz CT molecular complexity index is 455. The van der Waals surface area contributed by atoms with Crippen LogP contribution in [0, 0.1) is 5.92 Å². The summed E-state index contributed by atoms with van der Waals surface area (Å²) >= 11 is 1.56. The van der Waals surface area contributed by atoms with Crippen LogP contribution in [0.3, 0.4) is 0 Å². The van der Waals surface area contributed by atoms with Crippen LogP contribution in [0.4, 0.5) is 5.13 Å². The lowest BCUT2D eigenvalue weighted by Gasteiger charge is -2.32. The van der Waals surface area contributed by atoms with Gasteiger partial charge in [-0.15, -0.1) is 23.7 Å². The van der Waals surface area contributed by atoms with Crippen LogP contribution in [-0.2, 0) is 11.3 Å². The van der Waals surface area contributed by atoms with E-state index in [4.69, 9.17) is 5.73 Å². The van der Waals surface area contributed by atoms with Crippen molar-refractivity contribution in [3.63, 3.8) is 0 Å². The molecule has 1 aliphatic heterocycles. The van der Waals surface area contributed by atoms with E-state index in [9.17, 15) is 4.79 Å². The maximum atomic E-state index is 11.7. The van der Waals surface area contributed by atoms with Gasteiger partial charge in [0.2, 0.25) is 5.91 Å². The van der Waals surface area contributed by atoms with Gasteiger partial charge in [0.05, 0.1) is 0 Å². The third-order valence-electron chi connectivity index (χ3n) is 3.83. The molecule has 0 unspecified atom stereocenters. The Balaban J connectivity index is 0.00000147. The molecule has 3 rings (SSSR count). The first-order chi connectivity index (χ1) is 9.20. The molecule has 3 N–H and O–H groups in total. The molecule has 1 amide bonds. The van der Waals surface area contributed by atoms with Crippen LogP contribution in [-0.4, -0.2) is 34.9 Å². The Hall–Kier alpha value is -0.850. The summed E-state index contributed by atoms with van der Waals surface area (Å²) in [6.45, 7) is 3.00. The van der Waals surface area contributed by atoms with Crippen molar-refractivity contribution in [2.24, 2.45) is 5.92 Å². The molecule has 2 fully saturated rings. The van der Waals surface area contributed by atoms with Crippen LogP contribution < -0.4 is 11.1 Å². The number of nitrogens with one attached hydrogen (secondary N) is 1. The number of carbonyl (C=O) groups excluding carboxylic acids is 1. The summed E-state index contributed by atoms with van der Waals surface area (Å²) in [6, 6.07) is 0.371. The first kappa shape index (κ1) is 15.5. The van der Waals surface area contributed by atoms with E-state index >= 15 is 0 Å². The Labute approximate surface area is 129 Å². The molecule has 0 radical (unpaired) electrons. The number of thiazole rings is 1. The van der Waals surface area contributed by atoms with Gasteiger partial charge < -0.3 is 11.1 Å². The number of hydrogen-bond donors (Lipinski definition) is 2. The highest BCUT2D eigenvalue weighted by molar-refractivity contribution is 7.15. The lowest BCUT2D eigenvalue weighted by atomic mass is 10.0. The number of rotatable bonds is 4. The topological polar surface area (TPSA) is 71.2 Å². The minimum absolute atomic E-state index is 0. The molecule has 0 aromatic carbocycles. The molecule has 1 aliphatic carbocycles. The molecule has 1 aromatic heterocycles. The summed E-state index contributed by atoms with van der Waals surface area (Å²) in [7, 11) is 0. The quantitative estimate of drug-likeness (QED) is 0.886. The number of nitrogens with zero attached hydrogens (tertiary/aromatic N) is 2. The van der Waals surface area contributed by atoms with Crippen LogP contribution in [0.25, 0.3) is 0 Å². The second kappa shape index (κ2) is 6.74. The molecule has 20 heavy (non-hydrogen) atoms. The number of nitrogen functional groups attached to an aromatic ring is 1. The number of aromatic nitrogens is 1. The van der Waals surface area contributed by atoms with Crippen molar-refractivity contribution < 1.29 is 4.79 Å². The maximum Gasteiger partial charge on any atom is 0.223 e. The summed E-state index contributed by atoms with van der Waals surface area (Å²) < 4.78 is 0. The summed E-state index contributed by atoms with van der Waals surface area (Å²) in [5.74, 6) is 0.590. The van der Waals surface area contributed by atoms with Crippen molar-refractivity contribution in [3.8, 4) is 0 Å². The SMILES string of the molecule is Cl.Nc1ncc(CN2CCC(NC(=O)C3CC3)CC2)s1. The highest BCUT2D eigenvalue weighted by Crippen LogP contribution is 2.29. The average Bonchev–Trinajstić information content (AvgIpc) is 3.17. The Morgan fingerprint density at radius 3 is 2.65 bits per heavy atom. The van der Waals surface area contributed by atoms with Crippen molar-refractivity contribution in [3.05, 3.63) is 11.1 Å². The molecule has 1 saturated carbocycles. The number of carbonyl (C=O) groups is 1. The van der Waals surface area contributed by atoms with Crippen LogP contribution in [0.1, 0.15) is 30.6 Å². The fourth-order valence-corrected chi connectivity index (χ4v) is 3.24. The highest BCUT2D eigenvalue weighted by Gasteiger charge is 2.31. The fraction of sp³-hybridized carbons (Fsp3) is 0.692. The van der Waals surface area contributed by atoms with Gasteiger partial charge in [-0.2, -0.15) is 0 Å². The van der Waals surface area contributed by atoms with Gasteiger partial charge in [0, 0.05) is 42.7 Å². The third kappa shape index (κ3) is 4.07. The molecule has 1 aromatic rings. The van der Waals surface area contributed by atoms with E-state index in [0.717, 1.165) is 45.3 Å². The zero-order valence-corrected chi connectivity index (χ0v) is 13.0. The van der Waals surface area contributed by atoms with E-state index in [1.807, 2.05) is 6.20 Å². The number of likely N-dealkylation sites (tertiary alicyclic amines) is 1. The van der Waals surface area contributed by atoms with Gasteiger partial charge in [0.1, 0.15) is 0 Å². The molecule has 2 heterocycles. The van der Waals surface area contributed by atoms with E-state index < -0.39 is 0 Å². The van der Waals surface area contributed by atoms with Gasteiger partial charge in [-0.3, -0.25) is 9.69 Å². The molecular weight excluding hydrogens is 296 g/mol. The molecular formula is C13H21ClN4OS. The Morgan fingerprint density at radius 1 is 1.40 bits per heavy atom. The number of nitrogens with two attached hydrogens (primary N) is 1. The number of anilines is 1. The van der Waals surface area contributed by atoms with Crippen LogP contribution >= 0.6 is 23.7 Å². The number of amides is 1. The van der Waals surface area contributed by atoms with Crippen molar-refractivity contribution in [2.75, 3.05) is 18.8 Å². The van der Waals surface area contributed by atoms with Gasteiger partial charge in [-0.25, -0.2) is 4.98 Å². The van der Waals surface area contributed by atoms with E-state index in [0.29, 0.717) is 17.1 Å². The first-order valence-corrected chi connectivity index (χ1v) is 7.75. The summed E-state index contributed by atoms with van der Waals surface area (Å²) in [5.41, 5.74) is 5.64. The minimum Gasteiger partial charge on any atom is -0.375 e. The van der Waals surface area contributed by atoms with E-state index in [-0.39, 0.29) is 18.3 Å². The van der Waals surface area contributed by atoms with Crippen molar-refractivity contribution in [2.45, 2.75) is 38.3 Å². The Kier molecular flexibility index (Phi) is 5.23.